The molecule has 0 atom stereocenters. The number of carbonyl (C=O) groups excluding carboxylic acids is 1. The van der Waals surface area contributed by atoms with Gasteiger partial charge < -0.3 is 10.9 Å². The summed E-state index contributed by atoms with van der Waals surface area (Å²) in [5.74, 6) is 0. The predicted molar refractivity (Wildman–Crippen MR) is 59.6 cm³/mol. The maximum Gasteiger partial charge on any atom is 0.344 e. The van der Waals surface area contributed by atoms with E-state index in [1.807, 2.05) is 0 Å². The predicted octanol–water partition coefficient (Wildman–Crippen LogP) is 0.825. The molecule has 0 aromatic heterocycles. The van der Waals surface area contributed by atoms with Crippen molar-refractivity contribution in [1.29, 1.82) is 0 Å². The lowest BCUT2D eigenvalue weighted by atomic mass is 10.2. The molecule has 96 valence electrons. The molecule has 18 heavy (non-hydrogen) atoms. The molecule has 0 spiro atoms. The average molecular weight is 254 g/mol. The topological polar surface area (TPSA) is 131 Å². The normalized spacial score (nSPS) is 10.4. The van der Waals surface area contributed by atoms with Crippen LogP contribution < -0.4 is 5.73 Å². The third-order valence-electron chi connectivity index (χ3n) is 1.89. The molecule has 1 rings (SSSR count). The van der Waals surface area contributed by atoms with Crippen molar-refractivity contribution < 1.29 is 19.8 Å². The number of nitrogens with two attached hydrogens (primary N) is 1. The highest BCUT2D eigenvalue weighted by Crippen LogP contribution is 2.12. The number of amides is 2. The Kier molecular flexibility index (Phi) is 4.58. The fourth-order valence-corrected chi connectivity index (χ4v) is 1.06. The number of hydrogen-bond acceptors (Lipinski definition) is 6. The Labute approximate surface area is 101 Å². The van der Waals surface area contributed by atoms with E-state index in [4.69, 9.17) is 15.8 Å². The molecular formula is C9H10N4O5. The molecule has 0 saturated heterocycles. The number of hydroxylamine groups is 2. The molecule has 0 saturated carbocycles. The van der Waals surface area contributed by atoms with Gasteiger partial charge in [-0.15, -0.1) is 0 Å². The number of non-ortho nitro benzene ring substituents is 1. The summed E-state index contributed by atoms with van der Waals surface area (Å²) in [7, 11) is 0. The first-order valence-corrected chi connectivity index (χ1v) is 4.67. The van der Waals surface area contributed by atoms with E-state index >= 15 is 0 Å². The first kappa shape index (κ1) is 13.4. The highest BCUT2D eigenvalue weighted by Gasteiger charge is 2.09. The molecule has 0 aliphatic heterocycles. The van der Waals surface area contributed by atoms with Crippen molar-refractivity contribution in [2.45, 2.75) is 6.61 Å². The molecule has 1 aromatic carbocycles. The van der Waals surface area contributed by atoms with Crippen LogP contribution in [-0.2, 0) is 11.4 Å². The van der Waals surface area contributed by atoms with Crippen molar-refractivity contribution in [1.82, 2.24) is 5.06 Å². The van der Waals surface area contributed by atoms with Gasteiger partial charge in [0.1, 0.15) is 6.61 Å². The Morgan fingerprint density at radius 1 is 1.56 bits per heavy atom. The molecule has 0 heterocycles. The Balaban J connectivity index is 2.62. The summed E-state index contributed by atoms with van der Waals surface area (Å²) in [6.07, 6.45) is 0.688. The molecule has 9 nitrogen and oxygen atoms in total. The molecule has 0 fully saturated rings. The maximum atomic E-state index is 10.8. The fraction of sp³-hybridized carbons (Fsp3) is 0.111. The van der Waals surface area contributed by atoms with Crippen molar-refractivity contribution in [3.8, 4) is 0 Å². The number of urea groups is 1. The van der Waals surface area contributed by atoms with Gasteiger partial charge in [0, 0.05) is 12.1 Å². The molecule has 0 radical (unpaired) electrons. The van der Waals surface area contributed by atoms with Crippen LogP contribution in [0.25, 0.3) is 0 Å². The Hall–Kier alpha value is -2.68. The third-order valence-corrected chi connectivity index (χ3v) is 1.89. The number of oxime groups is 1. The summed E-state index contributed by atoms with van der Waals surface area (Å²) in [4.78, 5) is 25.6. The average Bonchev–Trinajstić information content (AvgIpc) is 2.34. The van der Waals surface area contributed by atoms with E-state index in [0.717, 1.165) is 0 Å². The number of rotatable bonds is 5. The summed E-state index contributed by atoms with van der Waals surface area (Å²) < 4.78 is 0. The van der Waals surface area contributed by atoms with Crippen LogP contribution in [0.1, 0.15) is 5.56 Å². The van der Waals surface area contributed by atoms with E-state index in [1.165, 1.54) is 24.3 Å². The largest absolute Gasteiger partial charge is 0.410 e. The van der Waals surface area contributed by atoms with Gasteiger partial charge in [0.15, 0.2) is 6.34 Å². The lowest BCUT2D eigenvalue weighted by Crippen LogP contribution is -2.34. The van der Waals surface area contributed by atoms with Gasteiger partial charge in [-0.2, -0.15) is 5.06 Å². The molecule has 1 aromatic rings. The fourth-order valence-electron chi connectivity index (χ4n) is 1.06. The number of carbonyl (C=O) groups is 1. The first-order chi connectivity index (χ1) is 8.54. The summed E-state index contributed by atoms with van der Waals surface area (Å²) in [6.45, 7) is -0.0625. The number of nitrogens with zero attached hydrogens (tertiary/aromatic N) is 3. The lowest BCUT2D eigenvalue weighted by molar-refractivity contribution is -0.384. The maximum absolute atomic E-state index is 10.8. The molecule has 3 N–H and O–H groups in total. The van der Waals surface area contributed by atoms with Gasteiger partial charge in [0.05, 0.1) is 4.92 Å². The molecule has 0 unspecified atom stereocenters. The van der Waals surface area contributed by atoms with Gasteiger partial charge in [-0.1, -0.05) is 5.16 Å². The van der Waals surface area contributed by atoms with Crippen molar-refractivity contribution in [3.63, 3.8) is 0 Å². The van der Waals surface area contributed by atoms with Crippen molar-refractivity contribution in [2.24, 2.45) is 10.9 Å². The smallest absolute Gasteiger partial charge is 0.344 e. The summed E-state index contributed by atoms with van der Waals surface area (Å²) in [5.41, 5.74) is 5.45. The lowest BCUT2D eigenvalue weighted by Gasteiger charge is -2.13. The summed E-state index contributed by atoms with van der Waals surface area (Å²) in [6, 6.07) is 4.57. The zero-order chi connectivity index (χ0) is 13.5. The van der Waals surface area contributed by atoms with Gasteiger partial charge in [0.2, 0.25) is 0 Å². The van der Waals surface area contributed by atoms with Crippen LogP contribution in [0.3, 0.4) is 0 Å². The summed E-state index contributed by atoms with van der Waals surface area (Å²) >= 11 is 0. The molecular weight excluding hydrogens is 244 g/mol. The van der Waals surface area contributed by atoms with Gasteiger partial charge in [-0.05, 0) is 17.7 Å². The molecule has 0 aliphatic carbocycles. The van der Waals surface area contributed by atoms with Gasteiger partial charge >= 0.3 is 6.03 Å². The number of benzene rings is 1. The van der Waals surface area contributed by atoms with Crippen LogP contribution in [0.5, 0.6) is 0 Å². The minimum atomic E-state index is -0.963. The van der Waals surface area contributed by atoms with Crippen LogP contribution in [0.15, 0.2) is 29.4 Å². The molecule has 9 heteroatoms. The van der Waals surface area contributed by atoms with Gasteiger partial charge in [-0.3, -0.25) is 15.0 Å². The minimum Gasteiger partial charge on any atom is -0.410 e. The highest BCUT2D eigenvalue weighted by atomic mass is 16.7. The van der Waals surface area contributed by atoms with Crippen LogP contribution >= 0.6 is 0 Å². The second-order valence-corrected chi connectivity index (χ2v) is 3.09. The quantitative estimate of drug-likeness (QED) is 0.264. The second kappa shape index (κ2) is 6.15. The van der Waals surface area contributed by atoms with Crippen LogP contribution in [0.4, 0.5) is 10.5 Å². The number of nitro benzene ring substituents is 1. The van der Waals surface area contributed by atoms with Gasteiger partial charge in [0.25, 0.3) is 5.69 Å². The van der Waals surface area contributed by atoms with Crippen LogP contribution in [0, 0.1) is 10.1 Å². The molecule has 0 aliphatic rings. The van der Waals surface area contributed by atoms with Gasteiger partial charge in [-0.25, -0.2) is 4.79 Å². The van der Waals surface area contributed by atoms with E-state index in [9.17, 15) is 14.9 Å². The van der Waals surface area contributed by atoms with Crippen molar-refractivity contribution in [3.05, 3.63) is 39.9 Å². The van der Waals surface area contributed by atoms with Crippen LogP contribution in [0.2, 0.25) is 0 Å². The third kappa shape index (κ3) is 3.72. The second-order valence-electron chi connectivity index (χ2n) is 3.09. The number of hydrogen-bond donors (Lipinski definition) is 2. The van der Waals surface area contributed by atoms with Crippen molar-refractivity contribution in [2.75, 3.05) is 0 Å². The van der Waals surface area contributed by atoms with Crippen molar-refractivity contribution >= 4 is 18.1 Å². The van der Waals surface area contributed by atoms with E-state index < -0.39 is 11.0 Å². The Bertz CT molecular complexity index is 459. The van der Waals surface area contributed by atoms with E-state index in [-0.39, 0.29) is 12.3 Å². The number of primary amides is 1. The minimum absolute atomic E-state index is 0.0533. The molecule has 0 bridgehead atoms. The van der Waals surface area contributed by atoms with Crippen LogP contribution in [-0.4, -0.2) is 27.6 Å². The van der Waals surface area contributed by atoms with E-state index in [1.54, 1.807) is 0 Å². The zero-order valence-corrected chi connectivity index (χ0v) is 9.09. The van der Waals surface area contributed by atoms with E-state index in [2.05, 4.69) is 5.16 Å². The highest BCUT2D eigenvalue weighted by molar-refractivity contribution is 5.83. The number of nitro groups is 1. The summed E-state index contributed by atoms with van der Waals surface area (Å²) in [5, 5.41) is 21.8. The Morgan fingerprint density at radius 2 is 2.17 bits per heavy atom. The first-order valence-electron chi connectivity index (χ1n) is 4.67. The molecule has 2 amide bonds. The SMILES string of the molecule is NC(=O)N(/C=N\O)OCc1ccc([N+](=O)[O-])cc1. The monoisotopic (exact) mass is 254 g/mol. The zero-order valence-electron chi connectivity index (χ0n) is 9.09. The van der Waals surface area contributed by atoms with E-state index in [0.29, 0.717) is 17.0 Å². The standard InChI is InChI=1S/C9H10N4O5/c10-9(14)12(6-11-15)18-5-7-1-3-8(4-2-7)13(16)17/h1-4,6,15H,5H2,(H2,10,14)/b11-6-. The Morgan fingerprint density at radius 3 is 2.61 bits per heavy atom.